The maximum atomic E-state index is 12.3. The highest BCUT2D eigenvalue weighted by Gasteiger charge is 2.28. The van der Waals surface area contributed by atoms with E-state index in [1.54, 1.807) is 26.0 Å². The van der Waals surface area contributed by atoms with Crippen molar-refractivity contribution < 1.29 is 18.3 Å². The van der Waals surface area contributed by atoms with E-state index in [1.807, 2.05) is 6.07 Å². The number of aliphatic carboxylic acids is 1. The Morgan fingerprint density at radius 1 is 1.25 bits per heavy atom. The molecule has 1 atom stereocenters. The van der Waals surface area contributed by atoms with Crippen LogP contribution in [0, 0.1) is 5.92 Å². The molecule has 0 heterocycles. The number of carboxylic acid groups (broad SMARTS) is 1. The number of rotatable bonds is 5. The molecule has 2 rings (SSSR count). The minimum absolute atomic E-state index is 0.144. The Morgan fingerprint density at radius 3 is 2.50 bits per heavy atom. The van der Waals surface area contributed by atoms with Crippen molar-refractivity contribution in [2.24, 2.45) is 5.92 Å². The molecule has 0 aliphatic heterocycles. The highest BCUT2D eigenvalue weighted by Crippen LogP contribution is 2.25. The largest absolute Gasteiger partial charge is 0.480 e. The number of fused-ring (bicyclic) bond motifs is 1. The zero-order valence-corrected chi connectivity index (χ0v) is 12.4. The van der Waals surface area contributed by atoms with Gasteiger partial charge in [-0.2, -0.15) is 4.72 Å². The van der Waals surface area contributed by atoms with Crippen LogP contribution in [0.15, 0.2) is 23.1 Å². The number of aryl methyl sites for hydroxylation is 2. The van der Waals surface area contributed by atoms with E-state index in [-0.39, 0.29) is 10.8 Å². The van der Waals surface area contributed by atoms with E-state index in [0.29, 0.717) is 0 Å². The van der Waals surface area contributed by atoms with Gasteiger partial charge in [-0.25, -0.2) is 8.42 Å². The van der Waals surface area contributed by atoms with Crippen molar-refractivity contribution in [1.82, 2.24) is 4.72 Å². The van der Waals surface area contributed by atoms with Crippen LogP contribution in [0.4, 0.5) is 0 Å². The van der Waals surface area contributed by atoms with Gasteiger partial charge in [-0.1, -0.05) is 19.9 Å². The zero-order chi connectivity index (χ0) is 14.9. The second-order valence-electron chi connectivity index (χ2n) is 5.47. The van der Waals surface area contributed by atoms with Gasteiger partial charge < -0.3 is 5.11 Å². The normalized spacial score (nSPS) is 16.1. The molecular formula is C14H19NO4S. The van der Waals surface area contributed by atoms with Crippen LogP contribution >= 0.6 is 0 Å². The van der Waals surface area contributed by atoms with Gasteiger partial charge in [0.15, 0.2) is 0 Å². The van der Waals surface area contributed by atoms with Crippen LogP contribution in [-0.2, 0) is 27.7 Å². The number of benzene rings is 1. The molecule has 0 aromatic heterocycles. The average molecular weight is 297 g/mol. The molecule has 20 heavy (non-hydrogen) atoms. The Hall–Kier alpha value is -1.40. The van der Waals surface area contributed by atoms with Crippen LogP contribution in [-0.4, -0.2) is 25.5 Å². The number of carbonyl (C=O) groups is 1. The summed E-state index contributed by atoms with van der Waals surface area (Å²) in [5.74, 6) is -1.48. The van der Waals surface area contributed by atoms with E-state index in [9.17, 15) is 13.2 Å². The van der Waals surface area contributed by atoms with Gasteiger partial charge in [-0.05, 0) is 48.4 Å². The summed E-state index contributed by atoms with van der Waals surface area (Å²) < 4.78 is 26.8. The van der Waals surface area contributed by atoms with E-state index in [0.717, 1.165) is 24.8 Å². The van der Waals surface area contributed by atoms with E-state index in [2.05, 4.69) is 4.72 Å². The monoisotopic (exact) mass is 297 g/mol. The lowest BCUT2D eigenvalue weighted by Crippen LogP contribution is -2.44. The van der Waals surface area contributed by atoms with Crippen LogP contribution in [0.25, 0.3) is 0 Å². The summed E-state index contributed by atoms with van der Waals surface area (Å²) in [7, 11) is -3.80. The van der Waals surface area contributed by atoms with E-state index >= 15 is 0 Å². The summed E-state index contributed by atoms with van der Waals surface area (Å²) in [5, 5.41) is 9.08. The predicted octanol–water partition coefficient (Wildman–Crippen LogP) is 1.56. The highest BCUT2D eigenvalue weighted by atomic mass is 32.2. The van der Waals surface area contributed by atoms with Gasteiger partial charge >= 0.3 is 5.97 Å². The van der Waals surface area contributed by atoms with E-state index in [4.69, 9.17) is 5.11 Å². The molecule has 1 aromatic carbocycles. The summed E-state index contributed by atoms with van der Waals surface area (Å²) in [6.07, 6.45) is 2.90. The van der Waals surface area contributed by atoms with Gasteiger partial charge in [-0.15, -0.1) is 0 Å². The SMILES string of the molecule is CC(C)[C@@H](NS(=O)(=O)c1ccc2c(c1)CCC2)C(=O)O. The van der Waals surface area contributed by atoms with E-state index in [1.165, 1.54) is 5.56 Å². The molecule has 1 aliphatic carbocycles. The molecular weight excluding hydrogens is 278 g/mol. The third-order valence-corrected chi connectivity index (χ3v) is 5.03. The van der Waals surface area contributed by atoms with Crippen molar-refractivity contribution in [3.8, 4) is 0 Å². The fourth-order valence-corrected chi connectivity index (χ4v) is 3.81. The first kappa shape index (κ1) is 15.0. The Labute approximate surface area is 119 Å². The summed E-state index contributed by atoms with van der Waals surface area (Å²) in [4.78, 5) is 11.3. The minimum atomic E-state index is -3.80. The second-order valence-corrected chi connectivity index (χ2v) is 7.18. The Morgan fingerprint density at radius 2 is 1.90 bits per heavy atom. The molecule has 1 aliphatic rings. The number of sulfonamides is 1. The zero-order valence-electron chi connectivity index (χ0n) is 11.6. The van der Waals surface area contributed by atoms with Gasteiger partial charge in [0.25, 0.3) is 0 Å². The first-order chi connectivity index (χ1) is 9.31. The molecule has 110 valence electrons. The maximum absolute atomic E-state index is 12.3. The third kappa shape index (κ3) is 3.02. The molecule has 0 spiro atoms. The molecule has 0 fully saturated rings. The Kier molecular flexibility index (Phi) is 4.15. The number of nitrogens with one attached hydrogen (secondary N) is 1. The van der Waals surface area contributed by atoms with Crippen LogP contribution in [0.5, 0.6) is 0 Å². The van der Waals surface area contributed by atoms with E-state index < -0.39 is 22.0 Å². The summed E-state index contributed by atoms with van der Waals surface area (Å²) in [6.45, 7) is 3.34. The molecule has 0 unspecified atom stereocenters. The summed E-state index contributed by atoms with van der Waals surface area (Å²) in [5.41, 5.74) is 2.23. The van der Waals surface area contributed by atoms with Gasteiger partial charge in [-0.3, -0.25) is 4.79 Å². The lowest BCUT2D eigenvalue weighted by atomic mass is 10.1. The van der Waals surface area contributed by atoms with Crippen LogP contribution in [0.3, 0.4) is 0 Å². The first-order valence-corrected chi connectivity index (χ1v) is 8.16. The fraction of sp³-hybridized carbons (Fsp3) is 0.500. The lowest BCUT2D eigenvalue weighted by molar-refractivity contribution is -0.140. The molecule has 2 N–H and O–H groups in total. The number of hydrogen-bond acceptors (Lipinski definition) is 3. The van der Waals surface area contributed by atoms with Crippen molar-refractivity contribution in [1.29, 1.82) is 0 Å². The van der Waals surface area contributed by atoms with Crippen LogP contribution < -0.4 is 4.72 Å². The van der Waals surface area contributed by atoms with Crippen molar-refractivity contribution in [2.45, 2.75) is 44.0 Å². The van der Waals surface area contributed by atoms with Gasteiger partial charge in [0.05, 0.1) is 4.90 Å². The quantitative estimate of drug-likeness (QED) is 0.864. The van der Waals surface area contributed by atoms with Gasteiger partial charge in [0, 0.05) is 0 Å². The standard InChI is InChI=1S/C14H19NO4S/c1-9(2)13(14(16)17)15-20(18,19)12-7-6-10-4-3-5-11(10)8-12/h6-9,13,15H,3-5H2,1-2H3,(H,16,17)/t13-/m1/s1. The summed E-state index contributed by atoms with van der Waals surface area (Å²) in [6, 6.07) is 3.91. The molecule has 0 bridgehead atoms. The third-order valence-electron chi connectivity index (χ3n) is 3.60. The Bertz CT molecular complexity index is 622. The number of carboxylic acids is 1. The lowest BCUT2D eigenvalue weighted by Gasteiger charge is -2.18. The van der Waals surface area contributed by atoms with Crippen molar-refractivity contribution in [2.75, 3.05) is 0 Å². The predicted molar refractivity (Wildman–Crippen MR) is 75.1 cm³/mol. The molecule has 5 nitrogen and oxygen atoms in total. The highest BCUT2D eigenvalue weighted by molar-refractivity contribution is 7.89. The van der Waals surface area contributed by atoms with Gasteiger partial charge in [0.2, 0.25) is 10.0 Å². The van der Waals surface area contributed by atoms with Crippen LogP contribution in [0.2, 0.25) is 0 Å². The molecule has 0 saturated carbocycles. The maximum Gasteiger partial charge on any atom is 0.322 e. The fourth-order valence-electron chi connectivity index (χ4n) is 2.42. The smallest absolute Gasteiger partial charge is 0.322 e. The van der Waals surface area contributed by atoms with Crippen LogP contribution in [0.1, 0.15) is 31.4 Å². The average Bonchev–Trinajstić information content (AvgIpc) is 2.82. The topological polar surface area (TPSA) is 83.5 Å². The van der Waals surface area contributed by atoms with Crippen molar-refractivity contribution >= 4 is 16.0 Å². The first-order valence-electron chi connectivity index (χ1n) is 6.68. The molecule has 1 aromatic rings. The Balaban J connectivity index is 2.28. The molecule has 0 radical (unpaired) electrons. The number of hydrogen-bond donors (Lipinski definition) is 2. The van der Waals surface area contributed by atoms with Gasteiger partial charge in [0.1, 0.15) is 6.04 Å². The molecule has 0 saturated heterocycles. The molecule has 6 heteroatoms. The molecule has 0 amide bonds. The second kappa shape index (κ2) is 5.54. The van der Waals surface area contributed by atoms with Crippen molar-refractivity contribution in [3.63, 3.8) is 0 Å². The minimum Gasteiger partial charge on any atom is -0.480 e. The van der Waals surface area contributed by atoms with Crippen molar-refractivity contribution in [3.05, 3.63) is 29.3 Å². The summed E-state index contributed by atoms with van der Waals surface area (Å²) >= 11 is 0.